The van der Waals surface area contributed by atoms with Crippen LogP contribution in [0.5, 0.6) is 5.75 Å². The maximum absolute atomic E-state index is 12.8. The molecule has 0 saturated heterocycles. The second-order valence-electron chi connectivity index (χ2n) is 6.46. The fourth-order valence-electron chi connectivity index (χ4n) is 2.81. The minimum atomic E-state index is -0.753. The summed E-state index contributed by atoms with van der Waals surface area (Å²) < 4.78 is 5.80. The number of rotatable bonds is 7. The molecule has 0 heterocycles. The molecule has 0 saturated carbocycles. The van der Waals surface area contributed by atoms with Gasteiger partial charge in [-0.1, -0.05) is 76.6 Å². The summed E-state index contributed by atoms with van der Waals surface area (Å²) in [5, 5.41) is 9.85. The first-order valence-corrected chi connectivity index (χ1v) is 9.83. The zero-order chi connectivity index (χ0) is 20.6. The zero-order valence-corrected chi connectivity index (χ0v) is 17.2. The van der Waals surface area contributed by atoms with Crippen molar-refractivity contribution >= 4 is 27.8 Å². The Kier molecular flexibility index (Phi) is 7.03. The van der Waals surface area contributed by atoms with Crippen molar-refractivity contribution in [2.75, 3.05) is 6.61 Å². The molecule has 0 radical (unpaired) electrons. The van der Waals surface area contributed by atoms with Crippen LogP contribution in [0.15, 0.2) is 83.3 Å². The van der Waals surface area contributed by atoms with E-state index >= 15 is 0 Å². The van der Waals surface area contributed by atoms with Crippen LogP contribution in [-0.2, 0) is 22.6 Å². The summed E-state index contributed by atoms with van der Waals surface area (Å²) in [6.07, 6.45) is 0. The van der Waals surface area contributed by atoms with Gasteiger partial charge in [-0.25, -0.2) is 4.79 Å². The number of esters is 1. The molecule has 6 heteroatoms. The predicted molar refractivity (Wildman–Crippen MR) is 113 cm³/mol. The van der Waals surface area contributed by atoms with Crippen molar-refractivity contribution in [3.05, 3.63) is 100 Å². The molecule has 0 aliphatic heterocycles. The number of phenols is 1. The molecule has 3 aromatic carbocycles. The van der Waals surface area contributed by atoms with Crippen LogP contribution in [0.1, 0.15) is 21.5 Å². The highest BCUT2D eigenvalue weighted by Gasteiger charge is 2.19. The van der Waals surface area contributed by atoms with Crippen LogP contribution in [0.4, 0.5) is 0 Å². The Morgan fingerprint density at radius 1 is 0.862 bits per heavy atom. The van der Waals surface area contributed by atoms with Crippen LogP contribution in [0.2, 0.25) is 0 Å². The molecular weight excluding hydrogens is 434 g/mol. The van der Waals surface area contributed by atoms with Gasteiger partial charge >= 0.3 is 5.97 Å². The van der Waals surface area contributed by atoms with Gasteiger partial charge in [0.25, 0.3) is 5.91 Å². The number of benzene rings is 3. The SMILES string of the molecule is O=C(OCC(=O)N(Cc1ccccc1)Cc1ccccc1)c1cc(Br)ccc1O. The van der Waals surface area contributed by atoms with Gasteiger partial charge in [0.05, 0.1) is 0 Å². The van der Waals surface area contributed by atoms with Crippen molar-refractivity contribution in [1.29, 1.82) is 0 Å². The third-order valence-corrected chi connectivity index (χ3v) is 4.78. The number of carbonyl (C=O) groups is 2. The van der Waals surface area contributed by atoms with Gasteiger partial charge in [0.15, 0.2) is 6.61 Å². The maximum atomic E-state index is 12.8. The highest BCUT2D eigenvalue weighted by molar-refractivity contribution is 9.10. The van der Waals surface area contributed by atoms with E-state index in [4.69, 9.17) is 4.74 Å². The second-order valence-corrected chi connectivity index (χ2v) is 7.37. The van der Waals surface area contributed by atoms with Gasteiger partial charge in [0, 0.05) is 17.6 Å². The molecule has 3 aromatic rings. The lowest BCUT2D eigenvalue weighted by Gasteiger charge is -2.23. The zero-order valence-electron chi connectivity index (χ0n) is 15.6. The number of ether oxygens (including phenoxy) is 1. The molecule has 5 nitrogen and oxygen atoms in total. The summed E-state index contributed by atoms with van der Waals surface area (Å²) in [5.41, 5.74) is 1.96. The van der Waals surface area contributed by atoms with Crippen molar-refractivity contribution in [3.8, 4) is 5.75 Å². The number of carbonyl (C=O) groups excluding carboxylic acids is 2. The minimum Gasteiger partial charge on any atom is -0.507 e. The summed E-state index contributed by atoms with van der Waals surface area (Å²) in [5.74, 6) is -1.27. The standard InChI is InChI=1S/C23H20BrNO4/c24-19-11-12-21(26)20(13-19)23(28)29-16-22(27)25(14-17-7-3-1-4-8-17)15-18-9-5-2-6-10-18/h1-13,26H,14-16H2. The van der Waals surface area contributed by atoms with Crippen molar-refractivity contribution in [1.82, 2.24) is 4.90 Å². The van der Waals surface area contributed by atoms with E-state index < -0.39 is 12.6 Å². The van der Waals surface area contributed by atoms with E-state index in [2.05, 4.69) is 15.9 Å². The number of nitrogens with zero attached hydrogens (tertiary/aromatic N) is 1. The Bertz CT molecular complexity index is 935. The normalized spacial score (nSPS) is 10.4. The third kappa shape index (κ3) is 5.93. The van der Waals surface area contributed by atoms with Gasteiger partial charge in [-0.15, -0.1) is 0 Å². The van der Waals surface area contributed by atoms with Gasteiger partial charge in [-0.05, 0) is 29.3 Å². The Hall–Kier alpha value is -3.12. The third-order valence-electron chi connectivity index (χ3n) is 4.29. The smallest absolute Gasteiger partial charge is 0.342 e. The predicted octanol–water partition coefficient (Wildman–Crippen LogP) is 4.54. The first-order chi connectivity index (χ1) is 14.0. The van der Waals surface area contributed by atoms with Gasteiger partial charge in [-0.2, -0.15) is 0 Å². The Balaban J connectivity index is 1.70. The molecule has 0 unspecified atom stereocenters. The van der Waals surface area contributed by atoms with Gasteiger partial charge in [0.1, 0.15) is 11.3 Å². The highest BCUT2D eigenvalue weighted by Crippen LogP contribution is 2.22. The molecule has 0 aliphatic carbocycles. The molecule has 3 rings (SSSR count). The summed E-state index contributed by atoms with van der Waals surface area (Å²) in [6, 6.07) is 23.7. The Morgan fingerprint density at radius 3 is 1.97 bits per heavy atom. The largest absolute Gasteiger partial charge is 0.507 e. The number of hydrogen-bond donors (Lipinski definition) is 1. The van der Waals surface area contributed by atoms with Crippen LogP contribution >= 0.6 is 15.9 Å². The minimum absolute atomic E-state index is 0.00448. The summed E-state index contributed by atoms with van der Waals surface area (Å²) >= 11 is 3.25. The van der Waals surface area contributed by atoms with E-state index in [1.54, 1.807) is 11.0 Å². The van der Waals surface area contributed by atoms with E-state index in [-0.39, 0.29) is 17.2 Å². The average Bonchev–Trinajstić information content (AvgIpc) is 2.74. The first kappa shape index (κ1) is 20.6. The molecule has 1 N–H and O–H groups in total. The van der Waals surface area contributed by atoms with Crippen molar-refractivity contribution in [2.24, 2.45) is 0 Å². The number of aromatic hydroxyl groups is 1. The number of amides is 1. The maximum Gasteiger partial charge on any atom is 0.342 e. The number of halogens is 1. The topological polar surface area (TPSA) is 66.8 Å². The molecular formula is C23H20BrNO4. The van der Waals surface area contributed by atoms with Gasteiger partial charge in [0.2, 0.25) is 0 Å². The van der Waals surface area contributed by atoms with Gasteiger partial charge < -0.3 is 14.7 Å². The molecule has 1 amide bonds. The lowest BCUT2D eigenvalue weighted by atomic mass is 10.1. The molecule has 0 aromatic heterocycles. The van der Waals surface area contributed by atoms with Crippen LogP contribution in [0.25, 0.3) is 0 Å². The van der Waals surface area contributed by atoms with Crippen LogP contribution < -0.4 is 0 Å². The highest BCUT2D eigenvalue weighted by atomic mass is 79.9. The first-order valence-electron chi connectivity index (χ1n) is 9.04. The average molecular weight is 454 g/mol. The fraction of sp³-hybridized carbons (Fsp3) is 0.130. The molecule has 0 fully saturated rings. The lowest BCUT2D eigenvalue weighted by Crippen LogP contribution is -2.34. The monoisotopic (exact) mass is 453 g/mol. The van der Waals surface area contributed by atoms with Crippen LogP contribution in [0.3, 0.4) is 0 Å². The fourth-order valence-corrected chi connectivity index (χ4v) is 3.17. The number of hydrogen-bond acceptors (Lipinski definition) is 4. The molecule has 0 bridgehead atoms. The van der Waals surface area contributed by atoms with Crippen molar-refractivity contribution in [3.63, 3.8) is 0 Å². The molecule has 0 aliphatic rings. The van der Waals surface area contributed by atoms with Crippen LogP contribution in [0, 0.1) is 0 Å². The van der Waals surface area contributed by atoms with E-state index in [1.807, 2.05) is 60.7 Å². The van der Waals surface area contributed by atoms with Gasteiger partial charge in [-0.3, -0.25) is 4.79 Å². The van der Waals surface area contributed by atoms with Crippen LogP contribution in [-0.4, -0.2) is 28.5 Å². The molecule has 148 valence electrons. The quantitative estimate of drug-likeness (QED) is 0.533. The Morgan fingerprint density at radius 2 is 1.41 bits per heavy atom. The van der Waals surface area contributed by atoms with Crippen molar-refractivity contribution in [2.45, 2.75) is 13.1 Å². The summed E-state index contributed by atoms with van der Waals surface area (Å²) in [4.78, 5) is 26.7. The van der Waals surface area contributed by atoms with E-state index in [0.717, 1.165) is 11.1 Å². The summed E-state index contributed by atoms with van der Waals surface area (Å²) in [6.45, 7) is 0.382. The molecule has 0 spiro atoms. The second kappa shape index (κ2) is 9.89. The summed E-state index contributed by atoms with van der Waals surface area (Å²) in [7, 11) is 0. The van der Waals surface area contributed by atoms with E-state index in [1.165, 1.54) is 12.1 Å². The Labute approximate surface area is 177 Å². The van der Waals surface area contributed by atoms with Crippen molar-refractivity contribution < 1.29 is 19.4 Å². The molecule has 29 heavy (non-hydrogen) atoms. The molecule has 0 atom stereocenters. The number of phenolic OH excluding ortho intramolecular Hbond substituents is 1. The van der Waals surface area contributed by atoms with E-state index in [9.17, 15) is 14.7 Å². The lowest BCUT2D eigenvalue weighted by molar-refractivity contribution is -0.135. The van der Waals surface area contributed by atoms with E-state index in [0.29, 0.717) is 17.6 Å².